The van der Waals surface area contributed by atoms with E-state index in [1.807, 2.05) is 29.0 Å². The van der Waals surface area contributed by atoms with E-state index in [1.54, 1.807) is 12.1 Å². The molecule has 0 fully saturated rings. The molecule has 156 valence electrons. The molecular formula is C26H24N2O3. The minimum absolute atomic E-state index is 0.0790. The van der Waals surface area contributed by atoms with E-state index in [-0.39, 0.29) is 6.04 Å². The Kier molecular flexibility index (Phi) is 4.75. The van der Waals surface area contributed by atoms with E-state index in [1.165, 1.54) is 11.1 Å². The van der Waals surface area contributed by atoms with Crippen molar-refractivity contribution in [2.24, 2.45) is 5.73 Å². The molecule has 0 radical (unpaired) electrons. The van der Waals surface area contributed by atoms with Crippen LogP contribution in [-0.4, -0.2) is 22.2 Å². The van der Waals surface area contributed by atoms with Gasteiger partial charge in [-0.05, 0) is 54.3 Å². The molecule has 5 nitrogen and oxygen atoms in total. The Hall–Kier alpha value is -3.57. The molecule has 2 heterocycles. The van der Waals surface area contributed by atoms with Gasteiger partial charge in [0, 0.05) is 23.7 Å². The van der Waals surface area contributed by atoms with Crippen LogP contribution in [0.3, 0.4) is 0 Å². The van der Waals surface area contributed by atoms with Gasteiger partial charge in [0.2, 0.25) is 0 Å². The van der Waals surface area contributed by atoms with Crippen LogP contribution >= 0.6 is 0 Å². The zero-order chi connectivity index (χ0) is 21.5. The van der Waals surface area contributed by atoms with Crippen molar-refractivity contribution in [2.75, 3.05) is 6.61 Å². The van der Waals surface area contributed by atoms with E-state index in [0.29, 0.717) is 18.7 Å². The average molecular weight is 412 g/mol. The molecule has 5 heteroatoms. The highest BCUT2D eigenvalue weighted by Crippen LogP contribution is 2.35. The maximum Gasteiger partial charge on any atom is 0.337 e. The van der Waals surface area contributed by atoms with Crippen molar-refractivity contribution >= 4 is 16.9 Å². The van der Waals surface area contributed by atoms with Crippen molar-refractivity contribution in [1.82, 2.24) is 4.57 Å². The number of rotatable bonds is 5. The standard InChI is InChI=1S/C26H24N2O3/c1-16-11-17(7-9-28-10-8-18-3-2-4-21(25(18)28)26(29)30)13-20(12-16)19-5-6-24-22(14-19)23(27)15-31-24/h2-6,8,10-14,23H,7,9,15,27H2,1H3,(H,29,30). The molecule has 1 aliphatic heterocycles. The fourth-order valence-corrected chi connectivity index (χ4v) is 4.46. The Morgan fingerprint density at radius 1 is 1.13 bits per heavy atom. The summed E-state index contributed by atoms with van der Waals surface area (Å²) in [4.78, 5) is 11.7. The number of nitrogens with two attached hydrogens (primary N) is 1. The van der Waals surface area contributed by atoms with E-state index in [4.69, 9.17) is 10.5 Å². The van der Waals surface area contributed by atoms with Gasteiger partial charge in [0.05, 0.1) is 17.1 Å². The highest BCUT2D eigenvalue weighted by atomic mass is 16.5. The molecule has 1 aliphatic rings. The fourth-order valence-electron chi connectivity index (χ4n) is 4.46. The first-order valence-electron chi connectivity index (χ1n) is 10.4. The third-order valence-corrected chi connectivity index (χ3v) is 5.96. The summed E-state index contributed by atoms with van der Waals surface area (Å²) in [5.41, 5.74) is 13.0. The van der Waals surface area contributed by atoms with Crippen LogP contribution in [-0.2, 0) is 13.0 Å². The zero-order valence-corrected chi connectivity index (χ0v) is 17.3. The number of carbonyl (C=O) groups is 1. The van der Waals surface area contributed by atoms with E-state index < -0.39 is 5.97 Å². The van der Waals surface area contributed by atoms with Gasteiger partial charge in [0.1, 0.15) is 12.4 Å². The number of ether oxygens (including phenoxy) is 1. The van der Waals surface area contributed by atoms with Crippen molar-refractivity contribution in [3.05, 3.63) is 89.1 Å². The van der Waals surface area contributed by atoms with Crippen molar-refractivity contribution in [3.63, 3.8) is 0 Å². The number of aryl methyl sites for hydroxylation is 3. The molecule has 0 saturated carbocycles. The molecule has 5 rings (SSSR count). The lowest BCUT2D eigenvalue weighted by Gasteiger charge is -2.12. The number of carboxylic acids is 1. The second-order valence-corrected chi connectivity index (χ2v) is 8.19. The Bertz CT molecular complexity index is 1310. The van der Waals surface area contributed by atoms with Crippen LogP contribution in [0.4, 0.5) is 0 Å². The van der Waals surface area contributed by atoms with Crippen molar-refractivity contribution in [3.8, 4) is 16.9 Å². The van der Waals surface area contributed by atoms with Gasteiger partial charge in [-0.15, -0.1) is 0 Å². The lowest BCUT2D eigenvalue weighted by Crippen LogP contribution is -2.10. The highest BCUT2D eigenvalue weighted by molar-refractivity contribution is 6.02. The summed E-state index contributed by atoms with van der Waals surface area (Å²) in [6, 6.07) is 20.1. The molecule has 1 aromatic heterocycles. The normalized spacial score (nSPS) is 15.1. The molecule has 31 heavy (non-hydrogen) atoms. The molecule has 0 aliphatic carbocycles. The van der Waals surface area contributed by atoms with Gasteiger partial charge in [-0.25, -0.2) is 4.79 Å². The SMILES string of the molecule is Cc1cc(CCn2ccc3cccc(C(=O)O)c32)cc(-c2ccc3c(c2)C(N)CO3)c1. The van der Waals surface area contributed by atoms with Gasteiger partial charge in [-0.2, -0.15) is 0 Å². The van der Waals surface area contributed by atoms with Crippen LogP contribution in [0.2, 0.25) is 0 Å². The largest absolute Gasteiger partial charge is 0.491 e. The van der Waals surface area contributed by atoms with E-state index in [2.05, 4.69) is 37.3 Å². The third-order valence-electron chi connectivity index (χ3n) is 5.96. The number of carboxylic acid groups (broad SMARTS) is 1. The highest BCUT2D eigenvalue weighted by Gasteiger charge is 2.21. The van der Waals surface area contributed by atoms with Gasteiger partial charge < -0.3 is 20.1 Å². The van der Waals surface area contributed by atoms with Gasteiger partial charge in [-0.3, -0.25) is 0 Å². The summed E-state index contributed by atoms with van der Waals surface area (Å²) in [6.45, 7) is 3.34. The van der Waals surface area contributed by atoms with Crippen LogP contribution in [0.15, 0.2) is 66.9 Å². The van der Waals surface area contributed by atoms with Crippen LogP contribution in [0.25, 0.3) is 22.0 Å². The number of hydrogen-bond donors (Lipinski definition) is 2. The van der Waals surface area contributed by atoms with Gasteiger partial charge in [0.25, 0.3) is 0 Å². The lowest BCUT2D eigenvalue weighted by atomic mass is 9.96. The molecule has 0 spiro atoms. The van der Waals surface area contributed by atoms with Crippen LogP contribution in [0.5, 0.6) is 5.75 Å². The average Bonchev–Trinajstić information content (AvgIpc) is 3.35. The predicted molar refractivity (Wildman–Crippen MR) is 122 cm³/mol. The Labute approximate surface area is 180 Å². The monoisotopic (exact) mass is 412 g/mol. The quantitative estimate of drug-likeness (QED) is 0.486. The molecule has 1 atom stereocenters. The minimum atomic E-state index is -0.901. The first-order valence-corrected chi connectivity index (χ1v) is 10.4. The van der Waals surface area contributed by atoms with Crippen molar-refractivity contribution in [1.29, 1.82) is 0 Å². The number of aromatic carboxylic acids is 1. The smallest absolute Gasteiger partial charge is 0.337 e. The van der Waals surface area contributed by atoms with E-state index >= 15 is 0 Å². The summed E-state index contributed by atoms with van der Waals surface area (Å²) in [5, 5.41) is 10.5. The Balaban J connectivity index is 1.44. The number of fused-ring (bicyclic) bond motifs is 2. The second kappa shape index (κ2) is 7.60. The first-order chi connectivity index (χ1) is 15.0. The first kappa shape index (κ1) is 19.4. The molecule has 1 unspecified atom stereocenters. The number of nitrogens with zero attached hydrogens (tertiary/aromatic N) is 1. The maximum absolute atomic E-state index is 11.7. The van der Waals surface area contributed by atoms with Crippen LogP contribution < -0.4 is 10.5 Å². The van der Waals surface area contributed by atoms with E-state index in [0.717, 1.165) is 39.8 Å². The lowest BCUT2D eigenvalue weighted by molar-refractivity contribution is 0.0698. The summed E-state index contributed by atoms with van der Waals surface area (Å²) >= 11 is 0. The van der Waals surface area contributed by atoms with Gasteiger partial charge in [0.15, 0.2) is 0 Å². The molecule has 3 N–H and O–H groups in total. The van der Waals surface area contributed by atoms with Crippen LogP contribution in [0, 0.1) is 6.92 Å². The molecule has 0 bridgehead atoms. The molecule has 0 amide bonds. The number of hydrogen-bond acceptors (Lipinski definition) is 3. The summed E-state index contributed by atoms with van der Waals surface area (Å²) in [5.74, 6) is -0.0277. The number of aromatic nitrogens is 1. The molecular weight excluding hydrogens is 388 g/mol. The molecule has 4 aromatic rings. The van der Waals surface area contributed by atoms with E-state index in [9.17, 15) is 9.90 Å². The zero-order valence-electron chi connectivity index (χ0n) is 17.3. The topological polar surface area (TPSA) is 77.5 Å². The van der Waals surface area contributed by atoms with Crippen molar-refractivity contribution in [2.45, 2.75) is 25.9 Å². The predicted octanol–water partition coefficient (Wildman–Crippen LogP) is 4.95. The fraction of sp³-hybridized carbons (Fsp3) is 0.192. The minimum Gasteiger partial charge on any atom is -0.491 e. The van der Waals surface area contributed by atoms with Crippen molar-refractivity contribution < 1.29 is 14.6 Å². The summed E-state index contributed by atoms with van der Waals surface area (Å²) < 4.78 is 7.66. The summed E-state index contributed by atoms with van der Waals surface area (Å²) in [6.07, 6.45) is 2.77. The van der Waals surface area contributed by atoms with Crippen LogP contribution in [0.1, 0.15) is 33.1 Å². The molecule has 0 saturated heterocycles. The third kappa shape index (κ3) is 3.57. The van der Waals surface area contributed by atoms with Gasteiger partial charge in [-0.1, -0.05) is 42.0 Å². The maximum atomic E-state index is 11.7. The summed E-state index contributed by atoms with van der Waals surface area (Å²) in [7, 11) is 0. The number of benzene rings is 3. The Morgan fingerprint density at radius 2 is 2.00 bits per heavy atom. The van der Waals surface area contributed by atoms with Gasteiger partial charge >= 0.3 is 5.97 Å². The number of para-hydroxylation sites is 1. The Morgan fingerprint density at radius 3 is 2.84 bits per heavy atom. The second-order valence-electron chi connectivity index (χ2n) is 8.19. The molecule has 3 aromatic carbocycles.